The Hall–Kier alpha value is -2.81. The lowest BCUT2D eigenvalue weighted by atomic mass is 9.38. The van der Waals surface area contributed by atoms with Crippen LogP contribution in [0, 0.1) is 23.1 Å². The second-order valence-corrected chi connectivity index (χ2v) is 11.9. The van der Waals surface area contributed by atoms with E-state index in [9.17, 15) is 18.4 Å². The van der Waals surface area contributed by atoms with Gasteiger partial charge in [0, 0.05) is 42.5 Å². The Morgan fingerprint density at radius 2 is 1.81 bits per heavy atom. The van der Waals surface area contributed by atoms with Crippen molar-refractivity contribution < 1.29 is 18.0 Å². The smallest absolute Gasteiger partial charge is 0.266 e. The molecule has 2 unspecified atom stereocenters. The molecule has 2 bridgehead atoms. The van der Waals surface area contributed by atoms with E-state index in [4.69, 9.17) is 5.73 Å². The molecule has 6 nitrogen and oxygen atoms in total. The van der Waals surface area contributed by atoms with Gasteiger partial charge in [0.25, 0.3) is 17.9 Å². The number of likely N-dealkylation sites (tertiary alicyclic amines) is 1. The fourth-order valence-electron chi connectivity index (χ4n) is 7.82. The lowest BCUT2D eigenvalue weighted by molar-refractivity contribution is -0.190. The maximum atomic E-state index is 15.3. The zero-order valence-electron chi connectivity index (χ0n) is 21.4. The number of pyridine rings is 1. The number of amides is 1. The number of benzene rings is 1. The molecule has 5 aliphatic rings. The third kappa shape index (κ3) is 3.49. The monoisotopic (exact) mass is 514 g/mol. The summed E-state index contributed by atoms with van der Waals surface area (Å²) >= 11 is 0. The van der Waals surface area contributed by atoms with Gasteiger partial charge in [-0.25, -0.2) is 13.2 Å². The van der Waals surface area contributed by atoms with E-state index in [2.05, 4.69) is 11.8 Å². The van der Waals surface area contributed by atoms with Gasteiger partial charge < -0.3 is 20.1 Å². The normalized spacial score (nSPS) is 32.5. The van der Waals surface area contributed by atoms with E-state index in [1.807, 2.05) is 11.9 Å². The first kappa shape index (κ1) is 24.5. The number of aromatic nitrogens is 1. The summed E-state index contributed by atoms with van der Waals surface area (Å²) in [5.41, 5.74) is 5.73. The molecule has 1 aromatic heterocycles. The van der Waals surface area contributed by atoms with Crippen molar-refractivity contribution >= 4 is 11.6 Å². The molecule has 1 saturated heterocycles. The number of anilines is 1. The number of piperidine rings is 1. The number of nitrogens with two attached hydrogens (primary N) is 1. The fraction of sp³-hybridized carbons (Fsp3) is 0.571. The minimum absolute atomic E-state index is 0.0486. The Bertz CT molecular complexity index is 1310. The average Bonchev–Trinajstić information content (AvgIpc) is 3.26. The molecule has 1 amide bonds. The van der Waals surface area contributed by atoms with Gasteiger partial charge in [-0.15, -0.1) is 0 Å². The highest BCUT2D eigenvalue weighted by molar-refractivity contribution is 5.98. The molecule has 7 rings (SSSR count). The van der Waals surface area contributed by atoms with Crippen LogP contribution in [0.1, 0.15) is 73.5 Å². The van der Waals surface area contributed by atoms with Crippen molar-refractivity contribution in [3.05, 3.63) is 63.3 Å². The van der Waals surface area contributed by atoms with Gasteiger partial charge in [0.05, 0.1) is 22.9 Å². The lowest BCUT2D eigenvalue weighted by Gasteiger charge is -2.71. The molecule has 9 heteroatoms. The van der Waals surface area contributed by atoms with E-state index in [-0.39, 0.29) is 40.1 Å². The fourth-order valence-corrected chi connectivity index (χ4v) is 7.82. The Morgan fingerprint density at radius 1 is 1.19 bits per heavy atom. The highest BCUT2D eigenvalue weighted by atomic mass is 19.3. The highest BCUT2D eigenvalue weighted by Gasteiger charge is 2.68. The second-order valence-electron chi connectivity index (χ2n) is 11.9. The summed E-state index contributed by atoms with van der Waals surface area (Å²) in [5, 5.41) is 0. The largest absolute Gasteiger partial charge is 0.365 e. The Kier molecular flexibility index (Phi) is 5.36. The minimum Gasteiger partial charge on any atom is -0.365 e. The molecule has 2 aromatic rings. The van der Waals surface area contributed by atoms with Gasteiger partial charge in [0.15, 0.2) is 0 Å². The van der Waals surface area contributed by atoms with Crippen LogP contribution in [0.15, 0.2) is 35.3 Å². The zero-order chi connectivity index (χ0) is 26.4. The second kappa shape index (κ2) is 8.09. The third-order valence-corrected chi connectivity index (χ3v) is 9.76. The molecule has 0 radical (unpaired) electrons. The van der Waals surface area contributed by atoms with E-state index in [1.165, 1.54) is 18.2 Å². The van der Waals surface area contributed by atoms with Crippen LogP contribution in [-0.4, -0.2) is 41.6 Å². The molecule has 5 fully saturated rings. The quantitative estimate of drug-likeness (QED) is 0.566. The molecular weight excluding hydrogens is 481 g/mol. The van der Waals surface area contributed by atoms with Crippen molar-refractivity contribution in [2.24, 2.45) is 23.0 Å². The molecule has 1 aromatic carbocycles. The van der Waals surface area contributed by atoms with Gasteiger partial charge in [0.2, 0.25) is 0 Å². The first-order chi connectivity index (χ1) is 17.5. The van der Waals surface area contributed by atoms with Crippen molar-refractivity contribution in [2.75, 3.05) is 25.0 Å². The molecule has 4 saturated carbocycles. The summed E-state index contributed by atoms with van der Waals surface area (Å²) in [5.74, 6) is -1.06. The molecule has 1 aliphatic heterocycles. The van der Waals surface area contributed by atoms with Crippen LogP contribution in [0.2, 0.25) is 0 Å². The van der Waals surface area contributed by atoms with Crippen LogP contribution >= 0.6 is 0 Å². The van der Waals surface area contributed by atoms with Crippen LogP contribution in [-0.2, 0) is 5.54 Å². The van der Waals surface area contributed by atoms with Crippen LogP contribution in [0.4, 0.5) is 18.9 Å². The molecule has 4 aliphatic carbocycles. The van der Waals surface area contributed by atoms with Gasteiger partial charge in [-0.3, -0.25) is 9.59 Å². The number of halogens is 3. The van der Waals surface area contributed by atoms with Crippen LogP contribution in [0.5, 0.6) is 0 Å². The molecule has 198 valence electrons. The molecule has 0 spiro atoms. The zero-order valence-corrected chi connectivity index (χ0v) is 21.4. The molecular formula is C28H33F3N4O2. The third-order valence-electron chi connectivity index (χ3n) is 9.76. The number of hydrogen-bond acceptors (Lipinski definition) is 4. The van der Waals surface area contributed by atoms with Crippen molar-refractivity contribution in [3.63, 3.8) is 0 Å². The standard InChI is InChI=1S/C28H33F3N4O2/c1-4-27-12-28(13-27,14-27)34-11-20(26(32)37)21(8-22(34)36)35(24-18-9-33(3)10-19(18)24)15(2)16-6-5-7-17(23(16)29)25(30)31/h5-8,11,15,18-19,24-25H,4,9-10,12-14H2,1-3H3,(H2,32,37)/t15-,18?,19?,24?,27?,28?/m1/s1. The first-order valence-electron chi connectivity index (χ1n) is 13.1. The number of nitrogens with zero attached hydrogens (tertiary/aromatic N) is 3. The van der Waals surface area contributed by atoms with E-state index in [0.29, 0.717) is 11.1 Å². The number of carbonyl (C=O) groups is 1. The van der Waals surface area contributed by atoms with E-state index >= 15 is 4.39 Å². The summed E-state index contributed by atoms with van der Waals surface area (Å²) in [4.78, 5) is 30.4. The van der Waals surface area contributed by atoms with Gasteiger partial charge in [-0.2, -0.15) is 0 Å². The van der Waals surface area contributed by atoms with Crippen LogP contribution in [0.25, 0.3) is 0 Å². The Morgan fingerprint density at radius 3 is 2.38 bits per heavy atom. The number of hydrogen-bond donors (Lipinski definition) is 1. The summed E-state index contributed by atoms with van der Waals surface area (Å²) in [6.07, 6.45) is 2.46. The molecule has 2 N–H and O–H groups in total. The predicted octanol–water partition coefficient (Wildman–Crippen LogP) is 4.44. The minimum atomic E-state index is -2.95. The summed E-state index contributed by atoms with van der Waals surface area (Å²) in [7, 11) is 2.03. The predicted molar refractivity (Wildman–Crippen MR) is 134 cm³/mol. The Labute approximate surface area is 214 Å². The highest BCUT2D eigenvalue weighted by Crippen LogP contribution is 2.72. The summed E-state index contributed by atoms with van der Waals surface area (Å²) < 4.78 is 44.0. The number of rotatable bonds is 8. The summed E-state index contributed by atoms with van der Waals surface area (Å²) in [6, 6.07) is 4.74. The number of fused-ring (bicyclic) bond motifs is 1. The van der Waals surface area contributed by atoms with Crippen LogP contribution < -0.4 is 16.2 Å². The van der Waals surface area contributed by atoms with Gasteiger partial charge in [-0.05, 0) is 50.5 Å². The molecule has 3 atom stereocenters. The van der Waals surface area contributed by atoms with E-state index in [1.54, 1.807) is 17.7 Å². The number of alkyl halides is 2. The van der Waals surface area contributed by atoms with Gasteiger partial charge in [0.1, 0.15) is 5.82 Å². The van der Waals surface area contributed by atoms with E-state index < -0.39 is 29.8 Å². The Balaban J connectivity index is 1.45. The average molecular weight is 515 g/mol. The van der Waals surface area contributed by atoms with Crippen molar-refractivity contribution in [1.29, 1.82) is 0 Å². The number of carbonyl (C=O) groups excluding carboxylic acids is 1. The van der Waals surface area contributed by atoms with Crippen molar-refractivity contribution in [2.45, 2.75) is 63.6 Å². The number of primary amides is 1. The van der Waals surface area contributed by atoms with Crippen molar-refractivity contribution in [1.82, 2.24) is 9.47 Å². The van der Waals surface area contributed by atoms with Crippen LogP contribution in [0.3, 0.4) is 0 Å². The summed E-state index contributed by atoms with van der Waals surface area (Å²) in [6.45, 7) is 5.58. The topological polar surface area (TPSA) is 71.6 Å². The van der Waals surface area contributed by atoms with Gasteiger partial charge in [-0.1, -0.05) is 31.5 Å². The van der Waals surface area contributed by atoms with E-state index in [0.717, 1.165) is 44.8 Å². The maximum Gasteiger partial charge on any atom is 0.266 e. The van der Waals surface area contributed by atoms with Gasteiger partial charge >= 0.3 is 0 Å². The first-order valence-corrected chi connectivity index (χ1v) is 13.1. The SMILES string of the molecule is CCC12CC(n3cc(C(N)=O)c(N(C4C5CN(C)CC54)[C@H](C)c4cccc(C(F)F)c4F)cc3=O)(C1)C2. The molecule has 2 heterocycles. The molecule has 37 heavy (non-hydrogen) atoms. The van der Waals surface area contributed by atoms with Crippen molar-refractivity contribution in [3.8, 4) is 0 Å². The maximum absolute atomic E-state index is 15.3. The lowest BCUT2D eigenvalue weighted by Crippen LogP contribution is -2.69.